The van der Waals surface area contributed by atoms with E-state index in [0.717, 1.165) is 38.3 Å². The van der Waals surface area contributed by atoms with Crippen molar-refractivity contribution in [2.24, 2.45) is 0 Å². The fourth-order valence-corrected chi connectivity index (χ4v) is 2.77. The molecule has 3 rings (SSSR count). The Morgan fingerprint density at radius 2 is 2.24 bits per heavy atom. The second kappa shape index (κ2) is 5.25. The lowest BCUT2D eigenvalue weighted by Gasteiger charge is -2.28. The molecule has 1 unspecified atom stereocenters. The molecule has 0 fully saturated rings. The van der Waals surface area contributed by atoms with E-state index < -0.39 is 0 Å². The van der Waals surface area contributed by atoms with Gasteiger partial charge in [0, 0.05) is 12.1 Å². The van der Waals surface area contributed by atoms with Crippen LogP contribution in [0.15, 0.2) is 12.1 Å². The molecule has 4 heteroatoms. The highest BCUT2D eigenvalue weighted by Gasteiger charge is 2.27. The van der Waals surface area contributed by atoms with E-state index in [-0.39, 0.29) is 18.5 Å². The summed E-state index contributed by atoms with van der Waals surface area (Å²) in [4.78, 5) is 0. The van der Waals surface area contributed by atoms with Crippen molar-refractivity contribution >= 4 is 12.4 Å². The first-order valence-electron chi connectivity index (χ1n) is 5.91. The number of benzene rings is 1. The van der Waals surface area contributed by atoms with E-state index in [1.807, 2.05) is 0 Å². The fourth-order valence-electron chi connectivity index (χ4n) is 2.77. The molecular formula is C13H18ClNO2. The van der Waals surface area contributed by atoms with Crippen LogP contribution in [0.3, 0.4) is 0 Å². The molecule has 17 heavy (non-hydrogen) atoms. The van der Waals surface area contributed by atoms with Crippen LogP contribution in [0.25, 0.3) is 0 Å². The van der Waals surface area contributed by atoms with Crippen LogP contribution in [-0.4, -0.2) is 26.8 Å². The van der Waals surface area contributed by atoms with Crippen LogP contribution in [0.5, 0.6) is 5.75 Å². The first kappa shape index (κ1) is 12.7. The van der Waals surface area contributed by atoms with E-state index in [4.69, 9.17) is 9.47 Å². The number of rotatable bonds is 1. The predicted octanol–water partition coefficient (Wildman–Crippen LogP) is 1.88. The van der Waals surface area contributed by atoms with Crippen LogP contribution in [0.2, 0.25) is 0 Å². The Kier molecular flexibility index (Phi) is 3.92. The summed E-state index contributed by atoms with van der Waals surface area (Å²) in [6, 6.07) is 4.29. The van der Waals surface area contributed by atoms with Gasteiger partial charge in [-0.25, -0.2) is 0 Å². The number of hydrogen-bond acceptors (Lipinski definition) is 3. The van der Waals surface area contributed by atoms with Crippen LogP contribution in [-0.2, 0) is 17.6 Å². The molecule has 0 radical (unpaired) electrons. The number of methoxy groups -OCH3 is 1. The zero-order valence-corrected chi connectivity index (χ0v) is 10.8. The third kappa shape index (κ3) is 2.15. The molecule has 1 aromatic carbocycles. The van der Waals surface area contributed by atoms with Gasteiger partial charge in [-0.05, 0) is 36.6 Å². The Bertz CT molecular complexity index is 409. The molecule has 0 bridgehead atoms. The molecule has 3 nitrogen and oxygen atoms in total. The Morgan fingerprint density at radius 1 is 1.35 bits per heavy atom. The number of ether oxygens (including phenoxy) is 2. The molecule has 1 N–H and O–H groups in total. The minimum atomic E-state index is 0. The molecule has 0 saturated carbocycles. The van der Waals surface area contributed by atoms with E-state index in [0.29, 0.717) is 0 Å². The maximum absolute atomic E-state index is 5.85. The minimum absolute atomic E-state index is 0. The third-order valence-corrected chi connectivity index (χ3v) is 3.52. The van der Waals surface area contributed by atoms with E-state index in [1.165, 1.54) is 16.7 Å². The lowest BCUT2D eigenvalue weighted by molar-refractivity contribution is 0.0434. The quantitative estimate of drug-likeness (QED) is 0.831. The summed E-state index contributed by atoms with van der Waals surface area (Å²) >= 11 is 0. The summed E-state index contributed by atoms with van der Waals surface area (Å²) in [5.74, 6) is 1.02. The molecule has 1 atom stereocenters. The van der Waals surface area contributed by atoms with Gasteiger partial charge in [-0.3, -0.25) is 0 Å². The molecule has 0 amide bonds. The van der Waals surface area contributed by atoms with Crippen molar-refractivity contribution in [1.29, 1.82) is 0 Å². The van der Waals surface area contributed by atoms with Crippen molar-refractivity contribution in [2.75, 3.05) is 26.8 Å². The normalized spacial score (nSPS) is 22.1. The SMILES string of the molecule is COc1ccc2c3c1CCOC3CNCC2.Cl. The van der Waals surface area contributed by atoms with Gasteiger partial charge in [-0.1, -0.05) is 6.07 Å². The van der Waals surface area contributed by atoms with E-state index in [9.17, 15) is 0 Å². The second-order valence-corrected chi connectivity index (χ2v) is 4.38. The Morgan fingerprint density at radius 3 is 3.06 bits per heavy atom. The van der Waals surface area contributed by atoms with Gasteiger partial charge in [-0.15, -0.1) is 12.4 Å². The second-order valence-electron chi connectivity index (χ2n) is 4.38. The van der Waals surface area contributed by atoms with Gasteiger partial charge in [0.05, 0.1) is 19.8 Å². The van der Waals surface area contributed by atoms with Crippen molar-refractivity contribution in [2.45, 2.75) is 18.9 Å². The smallest absolute Gasteiger partial charge is 0.122 e. The summed E-state index contributed by atoms with van der Waals surface area (Å²) in [5, 5.41) is 3.43. The molecule has 2 aliphatic rings. The Labute approximate surface area is 108 Å². The molecule has 0 aromatic heterocycles. The third-order valence-electron chi connectivity index (χ3n) is 3.52. The maximum Gasteiger partial charge on any atom is 0.122 e. The maximum atomic E-state index is 5.85. The Hall–Kier alpha value is -0.770. The first-order valence-corrected chi connectivity index (χ1v) is 5.91. The number of hydrogen-bond donors (Lipinski definition) is 1. The van der Waals surface area contributed by atoms with E-state index in [2.05, 4.69) is 17.4 Å². The minimum Gasteiger partial charge on any atom is -0.496 e. The summed E-state index contributed by atoms with van der Waals surface area (Å²) in [7, 11) is 1.75. The lowest BCUT2D eigenvalue weighted by atomic mass is 9.91. The average molecular weight is 256 g/mol. The van der Waals surface area contributed by atoms with Gasteiger partial charge >= 0.3 is 0 Å². The molecule has 2 heterocycles. The van der Waals surface area contributed by atoms with Crippen LogP contribution in [0, 0.1) is 0 Å². The van der Waals surface area contributed by atoms with Gasteiger partial charge in [-0.2, -0.15) is 0 Å². The zero-order chi connectivity index (χ0) is 11.0. The van der Waals surface area contributed by atoms with Crippen molar-refractivity contribution in [3.8, 4) is 5.75 Å². The highest BCUT2D eigenvalue weighted by atomic mass is 35.5. The molecule has 2 aliphatic heterocycles. The Balaban J connectivity index is 0.00000108. The van der Waals surface area contributed by atoms with E-state index in [1.54, 1.807) is 7.11 Å². The van der Waals surface area contributed by atoms with Crippen molar-refractivity contribution < 1.29 is 9.47 Å². The highest BCUT2D eigenvalue weighted by molar-refractivity contribution is 5.85. The summed E-state index contributed by atoms with van der Waals surface area (Å²) in [6.45, 7) is 2.77. The predicted molar refractivity (Wildman–Crippen MR) is 69.2 cm³/mol. The summed E-state index contributed by atoms with van der Waals surface area (Å²) < 4.78 is 11.3. The molecular weight excluding hydrogens is 238 g/mol. The number of halogens is 1. The molecule has 0 spiro atoms. The van der Waals surface area contributed by atoms with Crippen molar-refractivity contribution in [3.05, 3.63) is 28.8 Å². The molecule has 94 valence electrons. The first-order chi connectivity index (χ1) is 7.90. The largest absolute Gasteiger partial charge is 0.496 e. The average Bonchev–Trinajstić information content (AvgIpc) is 2.54. The monoisotopic (exact) mass is 255 g/mol. The summed E-state index contributed by atoms with van der Waals surface area (Å²) in [5.41, 5.74) is 4.17. The van der Waals surface area contributed by atoms with Crippen LogP contribution in [0.1, 0.15) is 22.8 Å². The van der Waals surface area contributed by atoms with Crippen molar-refractivity contribution in [3.63, 3.8) is 0 Å². The summed E-state index contributed by atoms with van der Waals surface area (Å²) in [6.07, 6.45) is 2.28. The fraction of sp³-hybridized carbons (Fsp3) is 0.538. The highest BCUT2D eigenvalue weighted by Crippen LogP contribution is 2.36. The van der Waals surface area contributed by atoms with Crippen LogP contribution < -0.4 is 10.1 Å². The van der Waals surface area contributed by atoms with Gasteiger partial charge in [0.25, 0.3) is 0 Å². The van der Waals surface area contributed by atoms with Crippen LogP contribution in [0.4, 0.5) is 0 Å². The molecule has 0 aliphatic carbocycles. The van der Waals surface area contributed by atoms with E-state index >= 15 is 0 Å². The van der Waals surface area contributed by atoms with Gasteiger partial charge in [0.1, 0.15) is 5.75 Å². The lowest BCUT2D eigenvalue weighted by Crippen LogP contribution is -2.26. The standard InChI is InChI=1S/C13H17NO2.ClH/c1-15-11-3-2-9-4-6-14-8-12-13(9)10(11)5-7-16-12;/h2-3,12,14H,4-8H2,1H3;1H. The van der Waals surface area contributed by atoms with Crippen LogP contribution >= 0.6 is 12.4 Å². The van der Waals surface area contributed by atoms with Crippen molar-refractivity contribution in [1.82, 2.24) is 5.32 Å². The van der Waals surface area contributed by atoms with Gasteiger partial charge < -0.3 is 14.8 Å². The topological polar surface area (TPSA) is 30.5 Å². The molecule has 1 aromatic rings. The molecule has 0 saturated heterocycles. The van der Waals surface area contributed by atoms with Gasteiger partial charge in [0.2, 0.25) is 0 Å². The zero-order valence-electron chi connectivity index (χ0n) is 9.99. The number of nitrogens with one attached hydrogen (secondary N) is 1. The van der Waals surface area contributed by atoms with Gasteiger partial charge in [0.15, 0.2) is 0 Å².